The van der Waals surface area contributed by atoms with Gasteiger partial charge < -0.3 is 5.73 Å². The van der Waals surface area contributed by atoms with E-state index >= 15 is 0 Å². The third kappa shape index (κ3) is 2.35. The van der Waals surface area contributed by atoms with E-state index in [0.29, 0.717) is 15.8 Å². The minimum atomic E-state index is -0.457. The van der Waals surface area contributed by atoms with Gasteiger partial charge in [-0.25, -0.2) is 9.37 Å². The SMILES string of the molecule is NC(Cn1cnc2sccc2c1=O)c1cccc(F)c1. The summed E-state index contributed by atoms with van der Waals surface area (Å²) in [4.78, 5) is 17.2. The Kier molecular flexibility index (Phi) is 3.33. The summed E-state index contributed by atoms with van der Waals surface area (Å²) in [6.45, 7) is 0.265. The van der Waals surface area contributed by atoms with Crippen LogP contribution in [0.5, 0.6) is 0 Å². The van der Waals surface area contributed by atoms with Gasteiger partial charge in [0.05, 0.1) is 11.7 Å². The van der Waals surface area contributed by atoms with Crippen molar-refractivity contribution in [3.05, 3.63) is 63.8 Å². The topological polar surface area (TPSA) is 60.9 Å². The zero-order chi connectivity index (χ0) is 14.1. The second kappa shape index (κ2) is 5.15. The Labute approximate surface area is 118 Å². The Morgan fingerprint density at radius 3 is 3.05 bits per heavy atom. The highest BCUT2D eigenvalue weighted by Gasteiger charge is 2.11. The van der Waals surface area contributed by atoms with Gasteiger partial charge in [-0.3, -0.25) is 9.36 Å². The molecule has 1 unspecified atom stereocenters. The molecule has 3 aromatic rings. The average Bonchev–Trinajstić information content (AvgIpc) is 2.91. The molecule has 102 valence electrons. The van der Waals surface area contributed by atoms with Gasteiger partial charge in [-0.1, -0.05) is 12.1 Å². The van der Waals surface area contributed by atoms with Gasteiger partial charge in [0, 0.05) is 12.6 Å². The van der Waals surface area contributed by atoms with Crippen molar-refractivity contribution < 1.29 is 4.39 Å². The van der Waals surface area contributed by atoms with Gasteiger partial charge in [0.2, 0.25) is 0 Å². The molecule has 4 nitrogen and oxygen atoms in total. The van der Waals surface area contributed by atoms with E-state index in [1.54, 1.807) is 18.2 Å². The van der Waals surface area contributed by atoms with Gasteiger partial charge >= 0.3 is 0 Å². The second-order valence-electron chi connectivity index (χ2n) is 4.50. The fourth-order valence-corrected chi connectivity index (χ4v) is 2.80. The third-order valence-corrected chi connectivity index (χ3v) is 3.94. The number of nitrogens with zero attached hydrogens (tertiary/aromatic N) is 2. The summed E-state index contributed by atoms with van der Waals surface area (Å²) in [7, 11) is 0. The van der Waals surface area contributed by atoms with Crippen LogP contribution in [0.1, 0.15) is 11.6 Å². The van der Waals surface area contributed by atoms with E-state index in [0.717, 1.165) is 0 Å². The van der Waals surface area contributed by atoms with Crippen LogP contribution in [0.15, 0.2) is 46.8 Å². The van der Waals surface area contributed by atoms with Crippen LogP contribution < -0.4 is 11.3 Å². The number of aromatic nitrogens is 2. The van der Waals surface area contributed by atoms with Gasteiger partial charge in [-0.15, -0.1) is 11.3 Å². The molecule has 6 heteroatoms. The molecule has 2 N–H and O–H groups in total. The molecule has 0 spiro atoms. The zero-order valence-corrected chi connectivity index (χ0v) is 11.3. The Bertz CT molecular complexity index is 811. The maximum atomic E-state index is 13.2. The Morgan fingerprint density at radius 2 is 2.25 bits per heavy atom. The van der Waals surface area contributed by atoms with Crippen LogP contribution in [-0.2, 0) is 6.54 Å². The number of rotatable bonds is 3. The van der Waals surface area contributed by atoms with E-state index in [2.05, 4.69) is 4.98 Å². The second-order valence-corrected chi connectivity index (χ2v) is 5.40. The van der Waals surface area contributed by atoms with Crippen LogP contribution >= 0.6 is 11.3 Å². The fraction of sp³-hybridized carbons (Fsp3) is 0.143. The molecule has 2 heterocycles. The summed E-state index contributed by atoms with van der Waals surface area (Å²) in [6.07, 6.45) is 1.49. The summed E-state index contributed by atoms with van der Waals surface area (Å²) >= 11 is 1.42. The maximum Gasteiger partial charge on any atom is 0.262 e. The molecule has 0 aliphatic heterocycles. The Morgan fingerprint density at radius 1 is 1.40 bits per heavy atom. The molecule has 3 rings (SSSR count). The zero-order valence-electron chi connectivity index (χ0n) is 10.5. The Balaban J connectivity index is 1.93. The van der Waals surface area contributed by atoms with E-state index in [4.69, 9.17) is 5.73 Å². The van der Waals surface area contributed by atoms with Crippen LogP contribution in [0, 0.1) is 5.82 Å². The average molecular weight is 289 g/mol. The predicted molar refractivity (Wildman–Crippen MR) is 77.2 cm³/mol. The number of hydrogen-bond donors (Lipinski definition) is 1. The molecule has 0 aliphatic rings. The number of halogens is 1. The fourth-order valence-electron chi connectivity index (χ4n) is 2.08. The Hall–Kier alpha value is -2.05. The highest BCUT2D eigenvalue weighted by molar-refractivity contribution is 7.16. The van der Waals surface area contributed by atoms with E-state index in [9.17, 15) is 9.18 Å². The van der Waals surface area contributed by atoms with Crippen molar-refractivity contribution in [3.8, 4) is 0 Å². The molecule has 0 saturated heterocycles. The van der Waals surface area contributed by atoms with Crippen molar-refractivity contribution >= 4 is 21.6 Å². The quantitative estimate of drug-likeness (QED) is 0.804. The molecule has 0 aliphatic carbocycles. The molecule has 0 amide bonds. The first-order valence-corrected chi connectivity index (χ1v) is 6.97. The van der Waals surface area contributed by atoms with Gasteiger partial charge in [0.25, 0.3) is 5.56 Å². The van der Waals surface area contributed by atoms with E-state index in [1.165, 1.54) is 34.4 Å². The number of thiophene rings is 1. The van der Waals surface area contributed by atoms with Gasteiger partial charge in [0.1, 0.15) is 10.6 Å². The standard InChI is InChI=1S/C14H12FN3OS/c15-10-3-1-2-9(6-10)12(16)7-18-8-17-13-11(14(18)19)4-5-20-13/h1-6,8,12H,7,16H2. The predicted octanol–water partition coefficient (Wildman–Crippen LogP) is 2.30. The number of nitrogens with two attached hydrogens (primary N) is 1. The summed E-state index contributed by atoms with van der Waals surface area (Å²) in [5.74, 6) is -0.336. The lowest BCUT2D eigenvalue weighted by Gasteiger charge is -2.13. The first-order chi connectivity index (χ1) is 9.65. The lowest BCUT2D eigenvalue weighted by atomic mass is 10.1. The molecule has 20 heavy (non-hydrogen) atoms. The number of fused-ring (bicyclic) bond motifs is 1. The molecule has 1 aromatic carbocycles. The van der Waals surface area contributed by atoms with Crippen LogP contribution in [0.3, 0.4) is 0 Å². The molecule has 0 radical (unpaired) electrons. The van der Waals surface area contributed by atoms with Crippen LogP contribution in [0.25, 0.3) is 10.2 Å². The first kappa shape index (κ1) is 13.0. The van der Waals surface area contributed by atoms with E-state index in [1.807, 2.05) is 5.38 Å². The molecule has 0 saturated carbocycles. The van der Waals surface area contributed by atoms with Gasteiger partial charge in [-0.2, -0.15) is 0 Å². The molecule has 2 aromatic heterocycles. The lowest BCUT2D eigenvalue weighted by molar-refractivity contribution is 0.552. The maximum absolute atomic E-state index is 13.2. The molecule has 0 fully saturated rings. The van der Waals surface area contributed by atoms with Crippen molar-refractivity contribution in [2.24, 2.45) is 5.73 Å². The molecular formula is C14H12FN3OS. The van der Waals surface area contributed by atoms with Crippen molar-refractivity contribution in [1.82, 2.24) is 9.55 Å². The molecule has 0 bridgehead atoms. The monoisotopic (exact) mass is 289 g/mol. The highest BCUT2D eigenvalue weighted by atomic mass is 32.1. The van der Waals surface area contributed by atoms with Gasteiger partial charge in [0.15, 0.2) is 0 Å². The summed E-state index contributed by atoms with van der Waals surface area (Å²) in [5, 5.41) is 2.42. The lowest BCUT2D eigenvalue weighted by Crippen LogP contribution is -2.26. The largest absolute Gasteiger partial charge is 0.322 e. The normalized spacial score (nSPS) is 12.7. The third-order valence-electron chi connectivity index (χ3n) is 3.12. The first-order valence-electron chi connectivity index (χ1n) is 6.09. The number of benzene rings is 1. The highest BCUT2D eigenvalue weighted by Crippen LogP contribution is 2.16. The van der Waals surface area contributed by atoms with Crippen molar-refractivity contribution in [2.75, 3.05) is 0 Å². The van der Waals surface area contributed by atoms with Crippen molar-refractivity contribution in [3.63, 3.8) is 0 Å². The minimum absolute atomic E-state index is 0.122. The molecular weight excluding hydrogens is 277 g/mol. The van der Waals surface area contributed by atoms with Crippen molar-refractivity contribution in [2.45, 2.75) is 12.6 Å². The van der Waals surface area contributed by atoms with E-state index in [-0.39, 0.29) is 17.9 Å². The summed E-state index contributed by atoms with van der Waals surface area (Å²) in [6, 6.07) is 7.39. The van der Waals surface area contributed by atoms with Crippen LogP contribution in [-0.4, -0.2) is 9.55 Å². The van der Waals surface area contributed by atoms with Crippen LogP contribution in [0.4, 0.5) is 4.39 Å². The minimum Gasteiger partial charge on any atom is -0.322 e. The summed E-state index contributed by atoms with van der Waals surface area (Å²) < 4.78 is 14.6. The van der Waals surface area contributed by atoms with Gasteiger partial charge in [-0.05, 0) is 29.1 Å². The number of hydrogen-bond acceptors (Lipinski definition) is 4. The van der Waals surface area contributed by atoms with Crippen molar-refractivity contribution in [1.29, 1.82) is 0 Å². The van der Waals surface area contributed by atoms with Crippen LogP contribution in [0.2, 0.25) is 0 Å². The molecule has 1 atom stereocenters. The summed E-state index contributed by atoms with van der Waals surface area (Å²) in [5.41, 5.74) is 6.57. The smallest absolute Gasteiger partial charge is 0.262 e. The van der Waals surface area contributed by atoms with E-state index < -0.39 is 6.04 Å².